The molecule has 0 N–H and O–H groups in total. The molecule has 0 unspecified atom stereocenters. The molecule has 21 heavy (non-hydrogen) atoms. The number of carbonyl (C=O) groups is 1. The van der Waals surface area contributed by atoms with Crippen molar-refractivity contribution in [3.63, 3.8) is 0 Å². The standard InChI is InChI=1S/C19H39NO/c1-4-5-6-7-8-9-10-11-12-13-14-15-16-17-18-20(3)19(2)21/h4-18H2,1-3H3. The van der Waals surface area contributed by atoms with Gasteiger partial charge in [-0.05, 0) is 6.42 Å². The second-order valence-corrected chi connectivity index (χ2v) is 6.54. The highest BCUT2D eigenvalue weighted by molar-refractivity contribution is 5.72. The van der Waals surface area contributed by atoms with E-state index in [1.54, 1.807) is 6.92 Å². The fraction of sp³-hybridized carbons (Fsp3) is 0.947. The minimum Gasteiger partial charge on any atom is -0.346 e. The molecule has 0 radical (unpaired) electrons. The van der Waals surface area contributed by atoms with E-state index in [9.17, 15) is 4.79 Å². The molecule has 0 spiro atoms. The maximum Gasteiger partial charge on any atom is 0.219 e. The lowest BCUT2D eigenvalue weighted by Gasteiger charge is -2.13. The highest BCUT2D eigenvalue weighted by Gasteiger charge is 2.00. The normalized spacial score (nSPS) is 10.8. The summed E-state index contributed by atoms with van der Waals surface area (Å²) in [6.07, 6.45) is 19.4. The molecule has 0 saturated carbocycles. The Labute approximate surface area is 133 Å². The molecule has 0 fully saturated rings. The van der Waals surface area contributed by atoms with Crippen molar-refractivity contribution < 1.29 is 4.79 Å². The van der Waals surface area contributed by atoms with Gasteiger partial charge in [-0.15, -0.1) is 0 Å². The Balaban J connectivity index is 3.04. The molecular weight excluding hydrogens is 258 g/mol. The first kappa shape index (κ1) is 20.5. The van der Waals surface area contributed by atoms with Crippen molar-refractivity contribution in [1.82, 2.24) is 4.90 Å². The first-order valence-electron chi connectivity index (χ1n) is 9.40. The molecule has 0 heterocycles. The predicted molar refractivity (Wildman–Crippen MR) is 93.6 cm³/mol. The summed E-state index contributed by atoms with van der Waals surface area (Å²) in [6, 6.07) is 0. The number of hydrogen-bond donors (Lipinski definition) is 0. The zero-order chi connectivity index (χ0) is 15.8. The van der Waals surface area contributed by atoms with Crippen molar-refractivity contribution in [2.45, 2.75) is 104 Å². The molecule has 0 aromatic rings. The van der Waals surface area contributed by atoms with E-state index in [0.29, 0.717) is 0 Å². The van der Waals surface area contributed by atoms with E-state index in [-0.39, 0.29) is 5.91 Å². The Morgan fingerprint density at radius 3 is 1.33 bits per heavy atom. The van der Waals surface area contributed by atoms with Crippen LogP contribution in [0.1, 0.15) is 104 Å². The molecule has 0 aliphatic carbocycles. The molecule has 1 amide bonds. The average Bonchev–Trinajstić information content (AvgIpc) is 2.47. The summed E-state index contributed by atoms with van der Waals surface area (Å²) >= 11 is 0. The Hall–Kier alpha value is -0.530. The van der Waals surface area contributed by atoms with Crippen molar-refractivity contribution in [2.75, 3.05) is 13.6 Å². The van der Waals surface area contributed by atoms with Crippen molar-refractivity contribution in [2.24, 2.45) is 0 Å². The molecular formula is C19H39NO. The number of unbranched alkanes of at least 4 members (excludes halogenated alkanes) is 13. The maximum atomic E-state index is 11.0. The molecule has 0 rings (SSSR count). The van der Waals surface area contributed by atoms with Crippen LogP contribution in [-0.4, -0.2) is 24.4 Å². The van der Waals surface area contributed by atoms with Crippen LogP contribution in [0.15, 0.2) is 0 Å². The van der Waals surface area contributed by atoms with Crippen LogP contribution in [0.25, 0.3) is 0 Å². The summed E-state index contributed by atoms with van der Waals surface area (Å²) in [5, 5.41) is 0. The lowest BCUT2D eigenvalue weighted by Crippen LogP contribution is -2.24. The Morgan fingerprint density at radius 2 is 1.00 bits per heavy atom. The third kappa shape index (κ3) is 15.7. The van der Waals surface area contributed by atoms with E-state index in [1.165, 1.54) is 83.5 Å². The van der Waals surface area contributed by atoms with Crippen LogP contribution in [0.5, 0.6) is 0 Å². The fourth-order valence-corrected chi connectivity index (χ4v) is 2.70. The second-order valence-electron chi connectivity index (χ2n) is 6.54. The van der Waals surface area contributed by atoms with Crippen LogP contribution >= 0.6 is 0 Å². The van der Waals surface area contributed by atoms with Gasteiger partial charge in [0.05, 0.1) is 0 Å². The lowest BCUT2D eigenvalue weighted by atomic mass is 10.0. The van der Waals surface area contributed by atoms with Crippen LogP contribution < -0.4 is 0 Å². The number of amides is 1. The molecule has 0 aromatic carbocycles. The summed E-state index contributed by atoms with van der Waals surface area (Å²) in [7, 11) is 1.89. The van der Waals surface area contributed by atoms with E-state index in [1.807, 2.05) is 11.9 Å². The first-order valence-corrected chi connectivity index (χ1v) is 9.40. The minimum atomic E-state index is 0.185. The number of nitrogens with zero attached hydrogens (tertiary/aromatic N) is 1. The summed E-state index contributed by atoms with van der Waals surface area (Å²) in [5.74, 6) is 0.185. The molecule has 0 aromatic heterocycles. The smallest absolute Gasteiger partial charge is 0.219 e. The van der Waals surface area contributed by atoms with Gasteiger partial charge in [-0.2, -0.15) is 0 Å². The summed E-state index contributed by atoms with van der Waals surface area (Å²) < 4.78 is 0. The van der Waals surface area contributed by atoms with Crippen molar-refractivity contribution in [3.8, 4) is 0 Å². The summed E-state index contributed by atoms with van der Waals surface area (Å²) in [6.45, 7) is 4.85. The Kier molecular flexibility index (Phi) is 15.5. The van der Waals surface area contributed by atoms with E-state index in [4.69, 9.17) is 0 Å². The zero-order valence-corrected chi connectivity index (χ0v) is 15.0. The van der Waals surface area contributed by atoms with Crippen LogP contribution in [0.4, 0.5) is 0 Å². The van der Waals surface area contributed by atoms with Gasteiger partial charge in [0.1, 0.15) is 0 Å². The third-order valence-electron chi connectivity index (χ3n) is 4.38. The molecule has 0 aliphatic heterocycles. The SMILES string of the molecule is CCCCCCCCCCCCCCCCN(C)C(C)=O. The van der Waals surface area contributed by atoms with Gasteiger partial charge in [-0.3, -0.25) is 4.79 Å². The molecule has 2 heteroatoms. The van der Waals surface area contributed by atoms with Crippen LogP contribution in [-0.2, 0) is 4.79 Å². The van der Waals surface area contributed by atoms with Gasteiger partial charge in [0.25, 0.3) is 0 Å². The van der Waals surface area contributed by atoms with E-state index >= 15 is 0 Å². The van der Waals surface area contributed by atoms with Crippen molar-refractivity contribution in [1.29, 1.82) is 0 Å². The largest absolute Gasteiger partial charge is 0.346 e. The number of rotatable bonds is 15. The molecule has 0 atom stereocenters. The fourth-order valence-electron chi connectivity index (χ4n) is 2.70. The number of hydrogen-bond acceptors (Lipinski definition) is 1. The monoisotopic (exact) mass is 297 g/mol. The molecule has 0 aliphatic rings. The third-order valence-corrected chi connectivity index (χ3v) is 4.38. The molecule has 126 valence electrons. The maximum absolute atomic E-state index is 11.0. The van der Waals surface area contributed by atoms with Gasteiger partial charge in [-0.1, -0.05) is 90.4 Å². The molecule has 0 saturated heterocycles. The zero-order valence-electron chi connectivity index (χ0n) is 15.0. The molecule has 0 bridgehead atoms. The van der Waals surface area contributed by atoms with Crippen molar-refractivity contribution >= 4 is 5.91 Å². The van der Waals surface area contributed by atoms with Crippen LogP contribution in [0.3, 0.4) is 0 Å². The van der Waals surface area contributed by atoms with Crippen molar-refractivity contribution in [3.05, 3.63) is 0 Å². The van der Waals surface area contributed by atoms with Gasteiger partial charge >= 0.3 is 0 Å². The highest BCUT2D eigenvalue weighted by atomic mass is 16.2. The summed E-state index contributed by atoms with van der Waals surface area (Å²) in [5.41, 5.74) is 0. The highest BCUT2D eigenvalue weighted by Crippen LogP contribution is 2.12. The van der Waals surface area contributed by atoms with E-state index in [0.717, 1.165) is 13.0 Å². The molecule has 2 nitrogen and oxygen atoms in total. The topological polar surface area (TPSA) is 20.3 Å². The first-order chi connectivity index (χ1) is 10.2. The predicted octanol–water partition coefficient (Wildman–Crippen LogP) is 5.95. The van der Waals surface area contributed by atoms with Gasteiger partial charge in [0, 0.05) is 20.5 Å². The van der Waals surface area contributed by atoms with Crippen LogP contribution in [0, 0.1) is 0 Å². The quantitative estimate of drug-likeness (QED) is 0.342. The lowest BCUT2D eigenvalue weighted by molar-refractivity contribution is -0.127. The van der Waals surface area contributed by atoms with Gasteiger partial charge in [0.15, 0.2) is 0 Å². The minimum absolute atomic E-state index is 0.185. The van der Waals surface area contributed by atoms with Gasteiger partial charge < -0.3 is 4.90 Å². The Bertz CT molecular complexity index is 228. The summed E-state index contributed by atoms with van der Waals surface area (Å²) in [4.78, 5) is 12.9. The average molecular weight is 298 g/mol. The van der Waals surface area contributed by atoms with Gasteiger partial charge in [-0.25, -0.2) is 0 Å². The van der Waals surface area contributed by atoms with Crippen LogP contribution in [0.2, 0.25) is 0 Å². The Morgan fingerprint density at radius 1 is 0.667 bits per heavy atom. The number of carbonyl (C=O) groups excluding carboxylic acids is 1. The van der Waals surface area contributed by atoms with E-state index in [2.05, 4.69) is 6.92 Å². The second kappa shape index (κ2) is 15.9. The van der Waals surface area contributed by atoms with Gasteiger partial charge in [0.2, 0.25) is 5.91 Å². The van der Waals surface area contributed by atoms with E-state index < -0.39 is 0 Å².